The van der Waals surface area contributed by atoms with Crippen molar-refractivity contribution in [1.82, 2.24) is 0 Å². The van der Waals surface area contributed by atoms with E-state index < -0.39 is 26.5 Å². The second-order valence-corrected chi connectivity index (χ2v) is 18.5. The van der Waals surface area contributed by atoms with Gasteiger partial charge in [0, 0.05) is 19.4 Å². The summed E-state index contributed by atoms with van der Waals surface area (Å²) in [6.07, 6.45) is 65.1. The molecule has 3 N–H and O–H groups in total. The van der Waals surface area contributed by atoms with Crippen molar-refractivity contribution in [1.29, 1.82) is 0 Å². The van der Waals surface area contributed by atoms with Crippen molar-refractivity contribution in [3.63, 3.8) is 0 Å². The first kappa shape index (κ1) is 62.2. The molecular formula is C55H96NO8P. The van der Waals surface area contributed by atoms with Crippen LogP contribution in [0, 0.1) is 0 Å². The van der Waals surface area contributed by atoms with Crippen molar-refractivity contribution in [2.24, 2.45) is 5.73 Å². The van der Waals surface area contributed by atoms with Crippen LogP contribution in [0.5, 0.6) is 0 Å². The summed E-state index contributed by atoms with van der Waals surface area (Å²) in [5.74, 6) is -0.832. The molecule has 10 heteroatoms. The third kappa shape index (κ3) is 50.4. The summed E-state index contributed by atoms with van der Waals surface area (Å²) < 4.78 is 32.8. The topological polar surface area (TPSA) is 134 Å². The van der Waals surface area contributed by atoms with E-state index in [2.05, 4.69) is 98.9 Å². The Hall–Kier alpha value is -2.81. The van der Waals surface area contributed by atoms with E-state index in [0.717, 1.165) is 83.5 Å². The Bertz CT molecular complexity index is 1340. The Kier molecular flexibility index (Phi) is 48.4. The van der Waals surface area contributed by atoms with Gasteiger partial charge in [0.2, 0.25) is 0 Å². The predicted molar refractivity (Wildman–Crippen MR) is 275 cm³/mol. The van der Waals surface area contributed by atoms with Gasteiger partial charge in [-0.25, -0.2) is 4.57 Å². The van der Waals surface area contributed by atoms with Gasteiger partial charge in [0.25, 0.3) is 0 Å². The number of rotatable bonds is 48. The number of esters is 2. The fourth-order valence-electron chi connectivity index (χ4n) is 6.97. The predicted octanol–water partition coefficient (Wildman–Crippen LogP) is 16.0. The zero-order valence-electron chi connectivity index (χ0n) is 41.4. The zero-order chi connectivity index (χ0) is 47.4. The van der Waals surface area contributed by atoms with E-state index in [9.17, 15) is 19.0 Å². The largest absolute Gasteiger partial charge is 0.472 e. The number of unbranched alkanes of at least 4 members (excludes halogenated alkanes) is 21. The van der Waals surface area contributed by atoms with Gasteiger partial charge in [-0.1, -0.05) is 221 Å². The molecule has 0 radical (unpaired) electrons. The van der Waals surface area contributed by atoms with E-state index in [1.807, 2.05) is 0 Å². The second-order valence-electron chi connectivity index (χ2n) is 17.0. The number of allylic oxidation sites excluding steroid dienone is 14. The van der Waals surface area contributed by atoms with Gasteiger partial charge >= 0.3 is 19.8 Å². The van der Waals surface area contributed by atoms with Crippen molar-refractivity contribution in [3.05, 3.63) is 85.1 Å². The van der Waals surface area contributed by atoms with Gasteiger partial charge in [0.15, 0.2) is 6.10 Å². The summed E-state index contributed by atoms with van der Waals surface area (Å²) in [4.78, 5) is 34.9. The summed E-state index contributed by atoms with van der Waals surface area (Å²) in [5, 5.41) is 0. The van der Waals surface area contributed by atoms with Crippen LogP contribution in [0.2, 0.25) is 0 Å². The Morgan fingerprint density at radius 3 is 1.26 bits per heavy atom. The highest BCUT2D eigenvalue weighted by Crippen LogP contribution is 2.43. The summed E-state index contributed by atoms with van der Waals surface area (Å²) >= 11 is 0. The number of carbonyl (C=O) groups is 2. The number of hydrogen-bond acceptors (Lipinski definition) is 8. The lowest BCUT2D eigenvalue weighted by atomic mass is 10.0. The van der Waals surface area contributed by atoms with Crippen LogP contribution in [-0.2, 0) is 32.7 Å². The highest BCUT2D eigenvalue weighted by molar-refractivity contribution is 7.47. The third-order valence-electron chi connectivity index (χ3n) is 10.8. The summed E-state index contributed by atoms with van der Waals surface area (Å²) in [6, 6.07) is 0. The lowest BCUT2D eigenvalue weighted by Crippen LogP contribution is -2.29. The fourth-order valence-corrected chi connectivity index (χ4v) is 7.73. The second kappa shape index (κ2) is 50.6. The average molecular weight is 930 g/mol. The van der Waals surface area contributed by atoms with Crippen molar-refractivity contribution < 1.29 is 37.6 Å². The molecule has 0 aromatic rings. The van der Waals surface area contributed by atoms with Crippen molar-refractivity contribution >= 4 is 19.8 Å². The molecule has 65 heavy (non-hydrogen) atoms. The van der Waals surface area contributed by atoms with Crippen molar-refractivity contribution in [2.45, 2.75) is 225 Å². The first-order valence-corrected chi connectivity index (χ1v) is 27.6. The Labute approximate surface area is 398 Å². The molecule has 2 atom stereocenters. The van der Waals surface area contributed by atoms with Gasteiger partial charge in [-0.2, -0.15) is 0 Å². The standard InChI is InChI=1S/C55H96NO8P/c1-3-5-7-9-11-13-14-15-16-17-18-19-20-21-22-23-24-25-26-27-28-29-30-31-32-33-34-35-36-37-38-40-42-44-46-48-55(58)64-53(52-63-65(59,60)62-50-49-56)51-61-54(57)47-45-43-41-39-12-10-8-6-4-2/h5,7,11,13,15-16,18-19,21-22,24-25,27-28,53H,3-4,6,8-10,12,14,17,20,23,26,29-52,56H2,1-2H3,(H,59,60)/b7-5-,13-11-,16-15-,19-18-,22-21-,25-24-,28-27-. The monoisotopic (exact) mass is 930 g/mol. The molecule has 0 saturated carbocycles. The number of hydrogen-bond donors (Lipinski definition) is 2. The molecule has 0 saturated heterocycles. The molecule has 0 aliphatic heterocycles. The molecular weight excluding hydrogens is 834 g/mol. The molecule has 0 bridgehead atoms. The minimum Gasteiger partial charge on any atom is -0.462 e. The van der Waals surface area contributed by atoms with Crippen LogP contribution in [0.1, 0.15) is 219 Å². The van der Waals surface area contributed by atoms with E-state index >= 15 is 0 Å². The fraction of sp³-hybridized carbons (Fsp3) is 0.709. The number of carbonyl (C=O) groups excluding carboxylic acids is 2. The Morgan fingerprint density at radius 2 is 0.846 bits per heavy atom. The molecule has 0 spiro atoms. The van der Waals surface area contributed by atoms with Crippen molar-refractivity contribution in [2.75, 3.05) is 26.4 Å². The lowest BCUT2D eigenvalue weighted by Gasteiger charge is -2.19. The molecule has 0 aromatic carbocycles. The highest BCUT2D eigenvalue weighted by Gasteiger charge is 2.26. The average Bonchev–Trinajstić information content (AvgIpc) is 3.30. The van der Waals surface area contributed by atoms with Gasteiger partial charge in [-0.05, 0) is 70.6 Å². The molecule has 0 aliphatic carbocycles. The zero-order valence-corrected chi connectivity index (χ0v) is 42.3. The van der Waals surface area contributed by atoms with Crippen LogP contribution >= 0.6 is 7.82 Å². The quantitative estimate of drug-likeness (QED) is 0.0265. The van der Waals surface area contributed by atoms with E-state index in [1.165, 1.54) is 103 Å². The first-order chi connectivity index (χ1) is 31.8. The van der Waals surface area contributed by atoms with E-state index in [1.54, 1.807) is 0 Å². The van der Waals surface area contributed by atoms with Gasteiger partial charge in [-0.3, -0.25) is 18.6 Å². The van der Waals surface area contributed by atoms with E-state index in [4.69, 9.17) is 24.3 Å². The van der Waals surface area contributed by atoms with Crippen LogP contribution in [0.15, 0.2) is 85.1 Å². The van der Waals surface area contributed by atoms with Gasteiger partial charge in [0.1, 0.15) is 6.61 Å². The molecule has 9 nitrogen and oxygen atoms in total. The molecule has 0 heterocycles. The van der Waals surface area contributed by atoms with Crippen LogP contribution < -0.4 is 5.73 Å². The molecule has 2 unspecified atom stereocenters. The van der Waals surface area contributed by atoms with Crippen LogP contribution in [0.25, 0.3) is 0 Å². The molecule has 0 aromatic heterocycles. The van der Waals surface area contributed by atoms with Crippen LogP contribution in [0.3, 0.4) is 0 Å². The van der Waals surface area contributed by atoms with Crippen LogP contribution in [0.4, 0.5) is 0 Å². The molecule has 0 fully saturated rings. The number of phosphoric ester groups is 1. The Morgan fingerprint density at radius 1 is 0.477 bits per heavy atom. The molecule has 0 rings (SSSR count). The highest BCUT2D eigenvalue weighted by atomic mass is 31.2. The summed E-state index contributed by atoms with van der Waals surface area (Å²) in [7, 11) is -4.38. The van der Waals surface area contributed by atoms with Gasteiger partial charge in [-0.15, -0.1) is 0 Å². The third-order valence-corrected chi connectivity index (χ3v) is 11.8. The minimum absolute atomic E-state index is 0.0516. The molecule has 0 aliphatic rings. The molecule has 0 amide bonds. The SMILES string of the molecule is CC/C=C\C/C=C\C/C=C\C/C=C\C/C=C\C/C=C\C/C=C\CCCCCCCCCCCCCCCC(=O)OC(COC(=O)CCCCCCCCCCC)COP(=O)(O)OCCN. The number of phosphoric acid groups is 1. The maximum atomic E-state index is 12.6. The molecule has 374 valence electrons. The number of ether oxygens (including phenoxy) is 2. The van der Waals surface area contributed by atoms with Crippen molar-refractivity contribution in [3.8, 4) is 0 Å². The summed E-state index contributed by atoms with van der Waals surface area (Å²) in [5.41, 5.74) is 5.35. The van der Waals surface area contributed by atoms with E-state index in [-0.39, 0.29) is 38.6 Å². The number of nitrogens with two attached hydrogens (primary N) is 1. The van der Waals surface area contributed by atoms with Gasteiger partial charge < -0.3 is 20.1 Å². The van der Waals surface area contributed by atoms with Gasteiger partial charge in [0.05, 0.1) is 13.2 Å². The van der Waals surface area contributed by atoms with E-state index in [0.29, 0.717) is 6.42 Å². The Balaban J connectivity index is 3.89. The lowest BCUT2D eigenvalue weighted by molar-refractivity contribution is -0.161. The minimum atomic E-state index is -4.38. The summed E-state index contributed by atoms with van der Waals surface area (Å²) in [6.45, 7) is 3.59. The first-order valence-electron chi connectivity index (χ1n) is 26.1. The normalized spacial score (nSPS) is 13.8. The maximum Gasteiger partial charge on any atom is 0.472 e. The smallest absolute Gasteiger partial charge is 0.462 e. The van der Waals surface area contributed by atoms with Crippen LogP contribution in [-0.4, -0.2) is 49.3 Å². The maximum absolute atomic E-state index is 12.6.